The average molecular weight is 363 g/mol. The van der Waals surface area contributed by atoms with Crippen molar-refractivity contribution >= 4 is 17.5 Å². The monoisotopic (exact) mass is 363 g/mol. The molecule has 1 rings (SSSR count). The van der Waals surface area contributed by atoms with Gasteiger partial charge in [0.25, 0.3) is 5.91 Å². The van der Waals surface area contributed by atoms with Crippen molar-refractivity contribution in [2.24, 2.45) is 5.92 Å². The zero-order chi connectivity index (χ0) is 19.9. The lowest BCUT2D eigenvalue weighted by Crippen LogP contribution is -2.33. The normalized spacial score (nSPS) is 17.8. The minimum absolute atomic E-state index is 0.00702. The van der Waals surface area contributed by atoms with Crippen LogP contribution in [0.4, 0.5) is 0 Å². The van der Waals surface area contributed by atoms with E-state index in [1.54, 1.807) is 19.9 Å². The molecule has 144 valence electrons. The summed E-state index contributed by atoms with van der Waals surface area (Å²) >= 11 is 0. The van der Waals surface area contributed by atoms with Crippen molar-refractivity contribution < 1.29 is 24.2 Å². The van der Waals surface area contributed by atoms with Gasteiger partial charge in [0, 0.05) is 17.2 Å². The third-order valence-corrected chi connectivity index (χ3v) is 4.38. The number of aliphatic hydroxyl groups is 1. The van der Waals surface area contributed by atoms with Gasteiger partial charge in [-0.25, -0.2) is 0 Å². The van der Waals surface area contributed by atoms with Crippen LogP contribution in [-0.4, -0.2) is 35.8 Å². The molecule has 1 amide bonds. The van der Waals surface area contributed by atoms with Crippen molar-refractivity contribution in [2.45, 2.75) is 59.5 Å². The van der Waals surface area contributed by atoms with Crippen molar-refractivity contribution in [3.8, 4) is 0 Å². The number of hydrogen-bond acceptors (Lipinski definition) is 5. The zero-order valence-electron chi connectivity index (χ0n) is 16.2. The molecular formula is C20H29NO5. The summed E-state index contributed by atoms with van der Waals surface area (Å²) in [6.07, 6.45) is 4.67. The number of methoxy groups -OCH3 is 1. The third-order valence-electron chi connectivity index (χ3n) is 4.38. The Morgan fingerprint density at radius 1 is 1.38 bits per heavy atom. The van der Waals surface area contributed by atoms with E-state index >= 15 is 0 Å². The second-order valence-corrected chi connectivity index (χ2v) is 6.68. The number of Topliss-reactive ketones (excluding diaryl/α,β-unsaturated/α-hetero) is 1. The van der Waals surface area contributed by atoms with Crippen LogP contribution in [0.5, 0.6) is 0 Å². The topological polar surface area (TPSA) is 92.7 Å². The summed E-state index contributed by atoms with van der Waals surface area (Å²) in [6.45, 7) is 7.25. The summed E-state index contributed by atoms with van der Waals surface area (Å²) in [5, 5.41) is 12.5. The molecule has 0 saturated heterocycles. The molecule has 26 heavy (non-hydrogen) atoms. The van der Waals surface area contributed by atoms with E-state index in [-0.39, 0.29) is 22.9 Å². The number of carbonyl (C=O) groups is 3. The molecule has 0 unspecified atom stereocenters. The van der Waals surface area contributed by atoms with E-state index in [1.165, 1.54) is 7.11 Å². The van der Waals surface area contributed by atoms with Crippen molar-refractivity contribution in [3.63, 3.8) is 0 Å². The Kier molecular flexibility index (Phi) is 8.45. The highest BCUT2D eigenvalue weighted by molar-refractivity contribution is 6.23. The fourth-order valence-corrected chi connectivity index (χ4v) is 2.88. The smallest absolute Gasteiger partial charge is 0.251 e. The number of allylic oxidation sites excluding steroid dienone is 3. The first-order valence-corrected chi connectivity index (χ1v) is 8.95. The number of nitrogens with one attached hydrogen (secondary N) is 1. The molecule has 0 heterocycles. The molecular weight excluding hydrogens is 334 g/mol. The molecule has 0 fully saturated rings. The summed E-state index contributed by atoms with van der Waals surface area (Å²) < 4.78 is 5.14. The summed E-state index contributed by atoms with van der Waals surface area (Å²) in [5.41, 5.74) is 0.646. The van der Waals surface area contributed by atoms with Crippen LogP contribution in [0.25, 0.3) is 0 Å². The van der Waals surface area contributed by atoms with Gasteiger partial charge >= 0.3 is 0 Å². The van der Waals surface area contributed by atoms with Crippen molar-refractivity contribution in [3.05, 3.63) is 34.8 Å². The Hall–Kier alpha value is -2.21. The lowest BCUT2D eigenvalue weighted by molar-refractivity contribution is -0.120. The molecule has 6 nitrogen and oxygen atoms in total. The second kappa shape index (κ2) is 10.1. The number of ether oxygens (including phenoxy) is 1. The maximum Gasteiger partial charge on any atom is 0.251 e. The van der Waals surface area contributed by atoms with Crippen LogP contribution in [0.15, 0.2) is 34.8 Å². The molecule has 2 atom stereocenters. The largest absolute Gasteiger partial charge is 0.492 e. The minimum Gasteiger partial charge on any atom is -0.492 e. The number of amides is 1. The molecule has 0 aliphatic heterocycles. The van der Waals surface area contributed by atoms with Gasteiger partial charge in [-0.3, -0.25) is 14.4 Å². The van der Waals surface area contributed by atoms with Crippen LogP contribution >= 0.6 is 0 Å². The average Bonchev–Trinajstić information content (AvgIpc) is 2.58. The summed E-state index contributed by atoms with van der Waals surface area (Å²) in [4.78, 5) is 37.1. The number of aliphatic hydroxyl groups excluding tert-OH is 1. The van der Waals surface area contributed by atoms with Gasteiger partial charge < -0.3 is 15.2 Å². The second-order valence-electron chi connectivity index (χ2n) is 6.68. The highest BCUT2D eigenvalue weighted by Crippen LogP contribution is 2.27. The van der Waals surface area contributed by atoms with Gasteiger partial charge in [0.1, 0.15) is 0 Å². The number of hydrogen-bond donors (Lipinski definition) is 2. The van der Waals surface area contributed by atoms with Gasteiger partial charge in [0.15, 0.2) is 5.76 Å². The number of rotatable bonds is 9. The Labute approximate surface area is 155 Å². The predicted octanol–water partition coefficient (Wildman–Crippen LogP) is 2.58. The highest BCUT2D eigenvalue weighted by atomic mass is 16.5. The zero-order valence-corrected chi connectivity index (χ0v) is 16.2. The van der Waals surface area contributed by atoms with Crippen molar-refractivity contribution in [2.75, 3.05) is 7.11 Å². The summed E-state index contributed by atoms with van der Waals surface area (Å²) in [5.74, 6) is -1.30. The minimum atomic E-state index is -0.447. The van der Waals surface area contributed by atoms with Gasteiger partial charge in [-0.2, -0.15) is 0 Å². The molecule has 0 aromatic heterocycles. The molecule has 0 bridgehead atoms. The Bertz CT molecular complexity index is 657. The molecule has 0 spiro atoms. The maximum absolute atomic E-state index is 12.8. The van der Waals surface area contributed by atoms with Gasteiger partial charge in [0.2, 0.25) is 11.6 Å². The van der Waals surface area contributed by atoms with E-state index in [0.29, 0.717) is 24.8 Å². The Balaban J connectivity index is 2.99. The molecule has 0 radical (unpaired) electrons. The van der Waals surface area contributed by atoms with E-state index in [0.717, 1.165) is 12.5 Å². The molecule has 1 aliphatic rings. The molecule has 2 N–H and O–H groups in total. The van der Waals surface area contributed by atoms with Gasteiger partial charge in [-0.1, -0.05) is 26.3 Å². The van der Waals surface area contributed by atoms with Gasteiger partial charge in [0.05, 0.1) is 18.9 Å². The summed E-state index contributed by atoms with van der Waals surface area (Å²) in [6, 6.07) is 0. The van der Waals surface area contributed by atoms with Crippen LogP contribution < -0.4 is 5.32 Å². The standard InChI is InChI=1S/C20H29NO5/c1-6-8-14(22)9-12(3)10-15-18(24)16(11-17(23)19(15)26-5)21-20(25)13(4)7-2/h7,11-12,14,22H,6,8-10H2,1-5H3,(H,21,25)/b13-7+/t12-,14+/m0/s1. The fourth-order valence-electron chi connectivity index (χ4n) is 2.88. The Morgan fingerprint density at radius 3 is 2.58 bits per heavy atom. The van der Waals surface area contributed by atoms with Crippen LogP contribution in [0.2, 0.25) is 0 Å². The molecule has 6 heteroatoms. The van der Waals surface area contributed by atoms with Crippen LogP contribution in [0, 0.1) is 5.92 Å². The first-order chi connectivity index (χ1) is 12.2. The number of ketones is 2. The van der Waals surface area contributed by atoms with Crippen LogP contribution in [0.3, 0.4) is 0 Å². The van der Waals surface area contributed by atoms with E-state index in [1.807, 2.05) is 13.8 Å². The molecule has 1 aliphatic carbocycles. The van der Waals surface area contributed by atoms with E-state index < -0.39 is 23.6 Å². The lowest BCUT2D eigenvalue weighted by atomic mass is 9.87. The van der Waals surface area contributed by atoms with E-state index in [9.17, 15) is 19.5 Å². The first-order valence-electron chi connectivity index (χ1n) is 8.95. The summed E-state index contributed by atoms with van der Waals surface area (Å²) in [7, 11) is 1.35. The molecule has 0 aromatic carbocycles. The first kappa shape index (κ1) is 21.8. The SMILES string of the molecule is C/C=C(\C)C(=O)NC1=CC(=O)C(OC)=C(C[C@@H](C)C[C@H](O)CCC)C1=O. The fraction of sp³-hybridized carbons (Fsp3) is 0.550. The lowest BCUT2D eigenvalue weighted by Gasteiger charge is -2.22. The van der Waals surface area contributed by atoms with Crippen LogP contribution in [0.1, 0.15) is 53.4 Å². The quantitative estimate of drug-likeness (QED) is 0.485. The highest BCUT2D eigenvalue weighted by Gasteiger charge is 2.31. The third kappa shape index (κ3) is 5.66. The van der Waals surface area contributed by atoms with E-state index in [2.05, 4.69) is 5.32 Å². The van der Waals surface area contributed by atoms with Crippen LogP contribution in [-0.2, 0) is 19.1 Å². The Morgan fingerprint density at radius 2 is 2.04 bits per heavy atom. The number of carbonyl (C=O) groups excluding carboxylic acids is 3. The maximum atomic E-state index is 12.8. The predicted molar refractivity (Wildman–Crippen MR) is 99.0 cm³/mol. The molecule has 0 aromatic rings. The van der Waals surface area contributed by atoms with Gasteiger partial charge in [-0.15, -0.1) is 0 Å². The molecule has 0 saturated carbocycles. The van der Waals surface area contributed by atoms with Gasteiger partial charge in [-0.05, 0) is 39.0 Å². The van der Waals surface area contributed by atoms with Crippen molar-refractivity contribution in [1.82, 2.24) is 5.32 Å². The van der Waals surface area contributed by atoms with Crippen molar-refractivity contribution in [1.29, 1.82) is 0 Å². The van der Waals surface area contributed by atoms with E-state index in [4.69, 9.17) is 4.74 Å².